The Kier molecular flexibility index (Phi) is 6.03. The molecular formula is C27H23N5O4. The summed E-state index contributed by atoms with van der Waals surface area (Å²) in [7, 11) is 0. The van der Waals surface area contributed by atoms with Crippen LogP contribution in [-0.2, 0) is 22.6 Å². The fourth-order valence-electron chi connectivity index (χ4n) is 4.18. The van der Waals surface area contributed by atoms with E-state index in [2.05, 4.69) is 10.3 Å². The predicted molar refractivity (Wildman–Crippen MR) is 131 cm³/mol. The molecule has 4 aromatic rings. The number of aryl methyl sites for hydroxylation is 1. The van der Waals surface area contributed by atoms with Crippen LogP contribution in [0.3, 0.4) is 0 Å². The molecule has 2 amide bonds. The largest absolute Gasteiger partial charge is 0.488 e. The Morgan fingerprint density at radius 2 is 1.92 bits per heavy atom. The first kappa shape index (κ1) is 23.0. The van der Waals surface area contributed by atoms with E-state index in [4.69, 9.17) is 15.6 Å². The van der Waals surface area contributed by atoms with E-state index in [0.29, 0.717) is 6.61 Å². The number of benzene rings is 2. The van der Waals surface area contributed by atoms with Gasteiger partial charge in [0.1, 0.15) is 24.1 Å². The van der Waals surface area contributed by atoms with Gasteiger partial charge in [-0.2, -0.15) is 5.10 Å². The third-order valence-electron chi connectivity index (χ3n) is 5.96. The molecule has 36 heavy (non-hydrogen) atoms. The molecule has 9 heteroatoms. The summed E-state index contributed by atoms with van der Waals surface area (Å²) < 4.78 is 7.39. The maximum Gasteiger partial charge on any atom is 0.287 e. The van der Waals surface area contributed by atoms with Gasteiger partial charge >= 0.3 is 0 Å². The zero-order valence-electron chi connectivity index (χ0n) is 19.5. The number of rotatable bonds is 7. The van der Waals surface area contributed by atoms with Gasteiger partial charge in [0, 0.05) is 29.9 Å². The Labute approximate surface area is 206 Å². The number of amides is 2. The van der Waals surface area contributed by atoms with Gasteiger partial charge in [0.2, 0.25) is 5.78 Å². The molecule has 1 atom stereocenters. The summed E-state index contributed by atoms with van der Waals surface area (Å²) in [6.45, 7) is 2.33. The average Bonchev–Trinajstić information content (AvgIpc) is 3.33. The van der Waals surface area contributed by atoms with E-state index >= 15 is 0 Å². The number of nitrogens with two attached hydrogens (primary N) is 1. The van der Waals surface area contributed by atoms with E-state index in [1.807, 2.05) is 43.3 Å². The Morgan fingerprint density at radius 3 is 2.69 bits per heavy atom. The van der Waals surface area contributed by atoms with Crippen molar-refractivity contribution in [3.8, 4) is 22.8 Å². The van der Waals surface area contributed by atoms with Crippen LogP contribution < -0.4 is 15.8 Å². The lowest BCUT2D eigenvalue weighted by atomic mass is 10.0. The lowest BCUT2D eigenvalue weighted by molar-refractivity contribution is -0.137. The maximum absolute atomic E-state index is 13.3. The minimum Gasteiger partial charge on any atom is -0.488 e. The second-order valence-corrected chi connectivity index (χ2v) is 8.55. The van der Waals surface area contributed by atoms with E-state index in [-0.39, 0.29) is 17.8 Å². The Morgan fingerprint density at radius 1 is 1.11 bits per heavy atom. The van der Waals surface area contributed by atoms with Gasteiger partial charge in [-0.15, -0.1) is 0 Å². The van der Waals surface area contributed by atoms with Gasteiger partial charge in [-0.05, 0) is 36.8 Å². The number of hydrogen-bond donors (Lipinski definition) is 2. The Hall–Kier alpha value is -4.79. The monoisotopic (exact) mass is 481 g/mol. The molecule has 9 nitrogen and oxygen atoms in total. The molecule has 5 rings (SSSR count). The SMILES string of the molecule is Cc1ccc2c(c1)-c1nn(-c3ncccc3C(=O)NC(Cc3ccccc3)C(=O)C(N)=O)cc1CO2. The Balaban J connectivity index is 1.47. The molecule has 1 aliphatic rings. The normalized spacial score (nSPS) is 12.6. The van der Waals surface area contributed by atoms with Crippen LogP contribution in [-0.4, -0.2) is 38.4 Å². The van der Waals surface area contributed by atoms with Crippen molar-refractivity contribution in [1.82, 2.24) is 20.1 Å². The quantitative estimate of drug-likeness (QED) is 0.390. The van der Waals surface area contributed by atoms with Crippen molar-refractivity contribution in [1.29, 1.82) is 0 Å². The van der Waals surface area contributed by atoms with Gasteiger partial charge in [-0.1, -0.05) is 42.0 Å². The fourth-order valence-corrected chi connectivity index (χ4v) is 4.18. The van der Waals surface area contributed by atoms with Crippen LogP contribution in [0.5, 0.6) is 5.75 Å². The van der Waals surface area contributed by atoms with Crippen molar-refractivity contribution < 1.29 is 19.1 Å². The summed E-state index contributed by atoms with van der Waals surface area (Å²) in [5.41, 5.74) is 9.77. The molecule has 1 aliphatic heterocycles. The second-order valence-electron chi connectivity index (χ2n) is 8.55. The number of carbonyl (C=O) groups is 3. The minimum absolute atomic E-state index is 0.119. The maximum atomic E-state index is 13.3. The number of nitrogens with one attached hydrogen (secondary N) is 1. The molecule has 0 saturated heterocycles. The van der Waals surface area contributed by atoms with Crippen molar-refractivity contribution >= 4 is 17.6 Å². The van der Waals surface area contributed by atoms with Crippen LogP contribution >= 0.6 is 0 Å². The van der Waals surface area contributed by atoms with Crippen molar-refractivity contribution in [3.63, 3.8) is 0 Å². The van der Waals surface area contributed by atoms with Crippen molar-refractivity contribution in [2.45, 2.75) is 26.0 Å². The molecule has 3 heterocycles. The molecule has 1 unspecified atom stereocenters. The molecule has 2 aromatic carbocycles. The standard InChI is InChI=1S/C27H23N5O4/c1-16-9-10-22-20(12-16)23-18(15-36-22)14-32(31-23)26-19(8-5-11-29-26)27(35)30-21(24(33)25(28)34)13-17-6-3-2-4-7-17/h2-12,14,21H,13,15H2,1H3,(H2,28,34)(H,30,35). The number of hydrogen-bond acceptors (Lipinski definition) is 6. The number of aromatic nitrogens is 3. The topological polar surface area (TPSA) is 129 Å². The highest BCUT2D eigenvalue weighted by atomic mass is 16.5. The van der Waals surface area contributed by atoms with Gasteiger partial charge < -0.3 is 15.8 Å². The zero-order chi connectivity index (χ0) is 25.2. The van der Waals surface area contributed by atoms with E-state index in [1.165, 1.54) is 4.68 Å². The molecule has 0 spiro atoms. The molecule has 0 aliphatic carbocycles. The number of primary amides is 1. The predicted octanol–water partition coefficient (Wildman–Crippen LogP) is 2.53. The number of nitrogens with zero attached hydrogens (tertiary/aromatic N) is 3. The van der Waals surface area contributed by atoms with Gasteiger partial charge in [0.05, 0.1) is 5.56 Å². The van der Waals surface area contributed by atoms with Crippen molar-refractivity contribution in [3.05, 3.63) is 95.3 Å². The lowest BCUT2D eigenvalue weighted by Crippen LogP contribution is -2.47. The van der Waals surface area contributed by atoms with E-state index in [9.17, 15) is 14.4 Å². The highest BCUT2D eigenvalue weighted by Gasteiger charge is 2.28. The number of carbonyl (C=O) groups excluding carboxylic acids is 3. The summed E-state index contributed by atoms with van der Waals surface area (Å²) in [5.74, 6) is -1.54. The lowest BCUT2D eigenvalue weighted by Gasteiger charge is -2.17. The van der Waals surface area contributed by atoms with Gasteiger partial charge in [0.25, 0.3) is 11.8 Å². The van der Waals surface area contributed by atoms with Crippen LogP contribution in [0.2, 0.25) is 0 Å². The number of ether oxygens (including phenoxy) is 1. The average molecular weight is 482 g/mol. The molecule has 2 aromatic heterocycles. The van der Waals surface area contributed by atoms with Gasteiger partial charge in [-0.3, -0.25) is 14.4 Å². The minimum atomic E-state index is -1.13. The third kappa shape index (κ3) is 4.46. The number of fused-ring (bicyclic) bond motifs is 3. The molecule has 0 fully saturated rings. The first-order chi connectivity index (χ1) is 17.4. The Bertz CT molecular complexity index is 1480. The summed E-state index contributed by atoms with van der Waals surface area (Å²) >= 11 is 0. The highest BCUT2D eigenvalue weighted by molar-refractivity contribution is 6.38. The fraction of sp³-hybridized carbons (Fsp3) is 0.148. The number of ketones is 1. The van der Waals surface area contributed by atoms with Crippen molar-refractivity contribution in [2.24, 2.45) is 5.73 Å². The highest BCUT2D eigenvalue weighted by Crippen LogP contribution is 2.37. The number of pyridine rings is 1. The first-order valence-corrected chi connectivity index (χ1v) is 11.4. The summed E-state index contributed by atoms with van der Waals surface area (Å²) in [5, 5.41) is 7.37. The third-order valence-corrected chi connectivity index (χ3v) is 5.96. The summed E-state index contributed by atoms with van der Waals surface area (Å²) in [6, 6.07) is 17.0. The van der Waals surface area contributed by atoms with E-state index in [0.717, 1.165) is 33.7 Å². The van der Waals surface area contributed by atoms with Crippen LogP contribution in [0.1, 0.15) is 27.0 Å². The second kappa shape index (κ2) is 9.46. The molecule has 180 valence electrons. The zero-order valence-corrected chi connectivity index (χ0v) is 19.5. The van der Waals surface area contributed by atoms with E-state index < -0.39 is 23.6 Å². The first-order valence-electron chi connectivity index (χ1n) is 11.4. The van der Waals surface area contributed by atoms with Crippen molar-refractivity contribution in [2.75, 3.05) is 0 Å². The summed E-state index contributed by atoms with van der Waals surface area (Å²) in [4.78, 5) is 41.9. The van der Waals surface area contributed by atoms with Crippen LogP contribution in [0, 0.1) is 6.92 Å². The van der Waals surface area contributed by atoms with Crippen LogP contribution in [0.15, 0.2) is 73.1 Å². The molecular weight excluding hydrogens is 458 g/mol. The smallest absolute Gasteiger partial charge is 0.287 e. The van der Waals surface area contributed by atoms with Crippen LogP contribution in [0.25, 0.3) is 17.1 Å². The van der Waals surface area contributed by atoms with E-state index in [1.54, 1.807) is 36.7 Å². The molecule has 0 radical (unpaired) electrons. The molecule has 3 N–H and O–H groups in total. The number of Topliss-reactive ketones (excluding diaryl/α,β-unsaturated/α-hetero) is 1. The van der Waals surface area contributed by atoms with Gasteiger partial charge in [-0.25, -0.2) is 9.67 Å². The van der Waals surface area contributed by atoms with Gasteiger partial charge in [0.15, 0.2) is 5.82 Å². The molecule has 0 saturated carbocycles. The van der Waals surface area contributed by atoms with Crippen LogP contribution in [0.4, 0.5) is 0 Å². The molecule has 0 bridgehead atoms. The summed E-state index contributed by atoms with van der Waals surface area (Å²) in [6.07, 6.45) is 3.45.